The summed E-state index contributed by atoms with van der Waals surface area (Å²) in [5, 5.41) is 1.74. The van der Waals surface area contributed by atoms with Crippen LogP contribution in [0.5, 0.6) is 0 Å². The molecule has 0 aliphatic rings. The molecular weight excluding hydrogens is 448 g/mol. The predicted octanol–water partition coefficient (Wildman–Crippen LogP) is 7.72. The van der Waals surface area contributed by atoms with Crippen molar-refractivity contribution in [3.05, 3.63) is 69.9 Å². The fraction of sp³-hybridized carbons (Fsp3) is 0.407. The molecule has 2 heterocycles. The highest BCUT2D eigenvalue weighted by atomic mass is 35.5. The number of unbranched alkanes of at least 4 members (excludes halogenated alkanes) is 2. The fourth-order valence-corrected chi connectivity index (χ4v) is 5.27. The first-order chi connectivity index (χ1) is 16.1. The van der Waals surface area contributed by atoms with Gasteiger partial charge in [0.2, 0.25) is 0 Å². The van der Waals surface area contributed by atoms with E-state index in [4.69, 9.17) is 21.6 Å². The van der Waals surface area contributed by atoms with Gasteiger partial charge in [-0.3, -0.25) is 4.90 Å². The number of thiazole rings is 1. The zero-order valence-electron chi connectivity index (χ0n) is 19.9. The van der Waals surface area contributed by atoms with Crippen LogP contribution >= 0.6 is 22.9 Å². The maximum atomic E-state index is 6.77. The Morgan fingerprint density at radius 2 is 1.76 bits per heavy atom. The van der Waals surface area contributed by atoms with Crippen molar-refractivity contribution >= 4 is 33.2 Å². The van der Waals surface area contributed by atoms with Gasteiger partial charge in [0.1, 0.15) is 5.82 Å². The second-order valence-electron chi connectivity index (χ2n) is 8.64. The quantitative estimate of drug-likeness (QED) is 0.220. The third-order valence-electron chi connectivity index (χ3n) is 5.96. The minimum absolute atomic E-state index is 0.622. The van der Waals surface area contributed by atoms with Crippen molar-refractivity contribution in [2.45, 2.75) is 66.1 Å². The molecule has 0 radical (unpaired) electrons. The SMILES string of the molecule is CCCCN(Cc1ccc2sc(C)nc2c1)Cc1c(Cl)nc(-c2ccccc2)n1CCCC. The van der Waals surface area contributed by atoms with Crippen molar-refractivity contribution in [3.8, 4) is 11.4 Å². The Kier molecular flexibility index (Phi) is 8.18. The van der Waals surface area contributed by atoms with Crippen molar-refractivity contribution < 1.29 is 0 Å². The van der Waals surface area contributed by atoms with Gasteiger partial charge in [0.25, 0.3) is 0 Å². The molecule has 0 N–H and O–H groups in total. The summed E-state index contributed by atoms with van der Waals surface area (Å²) in [6.07, 6.45) is 4.56. The molecule has 0 aliphatic heterocycles. The van der Waals surface area contributed by atoms with Gasteiger partial charge in [-0.25, -0.2) is 9.97 Å². The Morgan fingerprint density at radius 3 is 2.52 bits per heavy atom. The number of hydrogen-bond acceptors (Lipinski definition) is 4. The molecule has 0 aliphatic carbocycles. The summed E-state index contributed by atoms with van der Waals surface area (Å²) in [5.41, 5.74) is 4.63. The van der Waals surface area contributed by atoms with Crippen LogP contribution in [0.15, 0.2) is 48.5 Å². The summed E-state index contributed by atoms with van der Waals surface area (Å²) in [7, 11) is 0. The van der Waals surface area contributed by atoms with Gasteiger partial charge in [0, 0.05) is 25.2 Å². The number of aryl methyl sites for hydroxylation is 1. The average Bonchev–Trinajstić information content (AvgIpc) is 3.34. The third kappa shape index (κ3) is 5.84. The van der Waals surface area contributed by atoms with Gasteiger partial charge in [-0.05, 0) is 44.0 Å². The molecule has 0 saturated carbocycles. The maximum Gasteiger partial charge on any atom is 0.152 e. The zero-order valence-corrected chi connectivity index (χ0v) is 21.4. The van der Waals surface area contributed by atoms with E-state index >= 15 is 0 Å². The molecule has 4 rings (SSSR count). The van der Waals surface area contributed by atoms with Crippen LogP contribution in [0.3, 0.4) is 0 Å². The minimum atomic E-state index is 0.622. The summed E-state index contributed by atoms with van der Waals surface area (Å²) in [6, 6.07) is 17.1. The molecule has 174 valence electrons. The minimum Gasteiger partial charge on any atom is -0.325 e. The standard InChI is InChI=1S/C27H33ClN4S/c1-4-6-15-31(18-21-13-14-25-23(17-21)29-20(3)33-25)19-24-26(28)30-27(32(24)16-7-5-2)22-11-9-8-10-12-22/h8-14,17H,4-7,15-16,18-19H2,1-3H3. The first-order valence-electron chi connectivity index (χ1n) is 12.0. The predicted molar refractivity (Wildman–Crippen MR) is 141 cm³/mol. The van der Waals surface area contributed by atoms with Gasteiger partial charge < -0.3 is 4.57 Å². The van der Waals surface area contributed by atoms with Crippen LogP contribution in [0.25, 0.3) is 21.6 Å². The average molecular weight is 481 g/mol. The van der Waals surface area contributed by atoms with E-state index in [1.54, 1.807) is 11.3 Å². The number of nitrogens with zero attached hydrogens (tertiary/aromatic N) is 4. The summed E-state index contributed by atoms with van der Waals surface area (Å²) < 4.78 is 3.59. The Hall–Kier alpha value is -2.21. The van der Waals surface area contributed by atoms with Gasteiger partial charge in [0.05, 0.1) is 20.9 Å². The number of halogens is 1. The molecule has 0 spiro atoms. The first-order valence-corrected chi connectivity index (χ1v) is 13.2. The maximum absolute atomic E-state index is 6.77. The van der Waals surface area contributed by atoms with E-state index in [2.05, 4.69) is 72.7 Å². The van der Waals surface area contributed by atoms with Crippen LogP contribution in [0, 0.1) is 6.92 Å². The highest BCUT2D eigenvalue weighted by molar-refractivity contribution is 7.18. The molecule has 0 unspecified atom stereocenters. The lowest BCUT2D eigenvalue weighted by molar-refractivity contribution is 0.246. The lowest BCUT2D eigenvalue weighted by Gasteiger charge is -2.23. The molecular formula is C27H33ClN4S. The molecule has 2 aromatic heterocycles. The van der Waals surface area contributed by atoms with Crippen LogP contribution in [0.1, 0.15) is 55.8 Å². The van der Waals surface area contributed by atoms with E-state index in [0.29, 0.717) is 5.15 Å². The molecule has 2 aromatic carbocycles. The molecule has 33 heavy (non-hydrogen) atoms. The highest BCUT2D eigenvalue weighted by Crippen LogP contribution is 2.28. The first kappa shape index (κ1) is 23.9. The van der Waals surface area contributed by atoms with E-state index in [1.165, 1.54) is 16.7 Å². The Bertz CT molecular complexity index is 1180. The molecule has 0 amide bonds. The smallest absolute Gasteiger partial charge is 0.152 e. The van der Waals surface area contributed by atoms with E-state index in [-0.39, 0.29) is 0 Å². The molecule has 0 atom stereocenters. The number of rotatable bonds is 11. The Labute approximate surface area is 206 Å². The molecule has 4 nitrogen and oxygen atoms in total. The molecule has 6 heteroatoms. The number of aromatic nitrogens is 3. The van der Waals surface area contributed by atoms with Crippen LogP contribution in [-0.4, -0.2) is 26.0 Å². The summed E-state index contributed by atoms with van der Waals surface area (Å²) >= 11 is 8.53. The molecule has 0 fully saturated rings. The topological polar surface area (TPSA) is 34.0 Å². The lowest BCUT2D eigenvalue weighted by Crippen LogP contribution is -2.25. The van der Waals surface area contributed by atoms with E-state index in [9.17, 15) is 0 Å². The monoisotopic (exact) mass is 480 g/mol. The van der Waals surface area contributed by atoms with Gasteiger partial charge in [0.15, 0.2) is 5.15 Å². The molecule has 0 saturated heterocycles. The Balaban J connectivity index is 1.64. The van der Waals surface area contributed by atoms with E-state index in [0.717, 1.165) is 73.0 Å². The highest BCUT2D eigenvalue weighted by Gasteiger charge is 2.20. The van der Waals surface area contributed by atoms with Crippen LogP contribution < -0.4 is 0 Å². The van der Waals surface area contributed by atoms with Crippen molar-refractivity contribution in [2.24, 2.45) is 0 Å². The van der Waals surface area contributed by atoms with Crippen LogP contribution in [-0.2, 0) is 19.6 Å². The van der Waals surface area contributed by atoms with Crippen molar-refractivity contribution in [1.82, 2.24) is 19.4 Å². The summed E-state index contributed by atoms with van der Waals surface area (Å²) in [6.45, 7) is 10.2. The van der Waals surface area contributed by atoms with Gasteiger partial charge in [-0.2, -0.15) is 0 Å². The number of benzene rings is 2. The molecule has 0 bridgehead atoms. The van der Waals surface area contributed by atoms with Crippen LogP contribution in [0.4, 0.5) is 0 Å². The molecule has 4 aromatic rings. The Morgan fingerprint density at radius 1 is 0.970 bits per heavy atom. The van der Waals surface area contributed by atoms with Crippen LogP contribution in [0.2, 0.25) is 5.15 Å². The van der Waals surface area contributed by atoms with Gasteiger partial charge >= 0.3 is 0 Å². The van der Waals surface area contributed by atoms with E-state index < -0.39 is 0 Å². The second-order valence-corrected chi connectivity index (χ2v) is 10.2. The van der Waals surface area contributed by atoms with Crippen molar-refractivity contribution in [3.63, 3.8) is 0 Å². The number of fused-ring (bicyclic) bond motifs is 1. The normalized spacial score (nSPS) is 11.7. The number of hydrogen-bond donors (Lipinski definition) is 0. The summed E-state index contributed by atoms with van der Waals surface area (Å²) in [4.78, 5) is 12.0. The van der Waals surface area contributed by atoms with E-state index in [1.807, 2.05) is 6.07 Å². The fourth-order valence-electron chi connectivity index (χ4n) is 4.22. The third-order valence-corrected chi connectivity index (χ3v) is 7.21. The van der Waals surface area contributed by atoms with Crippen molar-refractivity contribution in [2.75, 3.05) is 6.54 Å². The van der Waals surface area contributed by atoms with Crippen molar-refractivity contribution in [1.29, 1.82) is 0 Å². The van der Waals surface area contributed by atoms with Gasteiger partial charge in [-0.1, -0.05) is 74.7 Å². The second kappa shape index (κ2) is 11.3. The van der Waals surface area contributed by atoms with Gasteiger partial charge in [-0.15, -0.1) is 11.3 Å². The zero-order chi connectivity index (χ0) is 23.2. The largest absolute Gasteiger partial charge is 0.325 e. The lowest BCUT2D eigenvalue weighted by atomic mass is 10.1. The number of imidazole rings is 1. The summed E-state index contributed by atoms with van der Waals surface area (Å²) in [5.74, 6) is 0.971.